The standard InChI is InChI=1S/C20H19F3N2O3/c1-4-28-18-9-14(5-6-17(18)26)8-15(10-24)19(27)16-7-12(2)25(13(16)3)11-20(21,22)23/h5-9,26H,4,11H2,1-3H3/b15-8+. The number of ether oxygens (including phenoxy) is 1. The van der Waals surface area contributed by atoms with Crippen LogP contribution >= 0.6 is 0 Å². The summed E-state index contributed by atoms with van der Waals surface area (Å²) in [5.74, 6) is -0.557. The van der Waals surface area contributed by atoms with Crippen LogP contribution in [0, 0.1) is 25.2 Å². The monoisotopic (exact) mass is 392 g/mol. The van der Waals surface area contributed by atoms with Crippen LogP contribution in [-0.4, -0.2) is 28.2 Å². The zero-order valence-electron chi connectivity index (χ0n) is 15.6. The predicted octanol–water partition coefficient (Wildman–Crippen LogP) is 4.56. The molecule has 0 amide bonds. The Morgan fingerprint density at radius 2 is 2.00 bits per heavy atom. The van der Waals surface area contributed by atoms with E-state index >= 15 is 0 Å². The number of phenols is 1. The van der Waals surface area contributed by atoms with Crippen LogP contribution in [0.1, 0.15) is 34.2 Å². The number of nitriles is 1. The maximum Gasteiger partial charge on any atom is 0.406 e. The summed E-state index contributed by atoms with van der Waals surface area (Å²) >= 11 is 0. The van der Waals surface area contributed by atoms with Crippen molar-refractivity contribution in [3.8, 4) is 17.6 Å². The number of rotatable bonds is 6. The van der Waals surface area contributed by atoms with Crippen LogP contribution in [0.3, 0.4) is 0 Å². The summed E-state index contributed by atoms with van der Waals surface area (Å²) < 4.78 is 44.5. The number of halogens is 3. The molecule has 0 aliphatic rings. The average Bonchev–Trinajstić information content (AvgIpc) is 2.88. The molecule has 0 aliphatic carbocycles. The number of Topliss-reactive ketones (excluding diaryl/α,β-unsaturated/α-hetero) is 1. The van der Waals surface area contributed by atoms with E-state index in [1.807, 2.05) is 0 Å². The third-order valence-corrected chi connectivity index (χ3v) is 4.12. The third-order valence-electron chi connectivity index (χ3n) is 4.12. The number of hydrogen-bond donors (Lipinski definition) is 1. The van der Waals surface area contributed by atoms with Crippen molar-refractivity contribution >= 4 is 11.9 Å². The Kier molecular flexibility index (Phi) is 6.19. The smallest absolute Gasteiger partial charge is 0.406 e. The number of nitrogens with zero attached hydrogens (tertiary/aromatic N) is 2. The van der Waals surface area contributed by atoms with Gasteiger partial charge in [-0.05, 0) is 50.6 Å². The van der Waals surface area contributed by atoms with Gasteiger partial charge in [0, 0.05) is 17.0 Å². The fourth-order valence-electron chi connectivity index (χ4n) is 2.81. The second-order valence-electron chi connectivity index (χ2n) is 6.15. The first kappa shape index (κ1) is 21.1. The number of carbonyl (C=O) groups is 1. The Morgan fingerprint density at radius 1 is 1.32 bits per heavy atom. The molecule has 0 radical (unpaired) electrons. The lowest BCUT2D eigenvalue weighted by molar-refractivity contribution is -0.141. The second kappa shape index (κ2) is 8.21. The molecule has 8 heteroatoms. The second-order valence-corrected chi connectivity index (χ2v) is 6.15. The number of aromatic nitrogens is 1. The van der Waals surface area contributed by atoms with Crippen LogP contribution in [0.4, 0.5) is 13.2 Å². The van der Waals surface area contributed by atoms with E-state index in [9.17, 15) is 28.3 Å². The Balaban J connectivity index is 2.42. The number of carbonyl (C=O) groups excluding carboxylic acids is 1. The van der Waals surface area contributed by atoms with Crippen molar-refractivity contribution in [2.45, 2.75) is 33.5 Å². The van der Waals surface area contributed by atoms with E-state index in [1.165, 1.54) is 44.2 Å². The van der Waals surface area contributed by atoms with Gasteiger partial charge in [0.25, 0.3) is 0 Å². The van der Waals surface area contributed by atoms with E-state index in [2.05, 4.69) is 0 Å². The molecule has 0 unspecified atom stereocenters. The van der Waals surface area contributed by atoms with Gasteiger partial charge >= 0.3 is 6.18 Å². The number of aryl methyl sites for hydroxylation is 1. The topological polar surface area (TPSA) is 75.2 Å². The minimum absolute atomic E-state index is 0.0401. The number of benzene rings is 1. The number of ketones is 1. The molecule has 0 fully saturated rings. The van der Waals surface area contributed by atoms with Gasteiger partial charge in [0.05, 0.1) is 6.61 Å². The molecular formula is C20H19F3N2O3. The first-order valence-corrected chi connectivity index (χ1v) is 8.43. The summed E-state index contributed by atoms with van der Waals surface area (Å²) in [6.45, 7) is 3.73. The number of phenolic OH excluding ortho intramolecular Hbond substituents is 1. The third kappa shape index (κ3) is 4.74. The van der Waals surface area contributed by atoms with E-state index in [0.29, 0.717) is 12.2 Å². The maximum absolute atomic E-state index is 12.8. The Hall–Kier alpha value is -3.21. The molecule has 5 nitrogen and oxygen atoms in total. The van der Waals surface area contributed by atoms with Gasteiger partial charge in [-0.1, -0.05) is 6.07 Å². The number of aromatic hydroxyl groups is 1. The lowest BCUT2D eigenvalue weighted by Gasteiger charge is -2.12. The van der Waals surface area contributed by atoms with Crippen molar-refractivity contribution in [3.63, 3.8) is 0 Å². The van der Waals surface area contributed by atoms with Crippen molar-refractivity contribution in [1.29, 1.82) is 5.26 Å². The van der Waals surface area contributed by atoms with Gasteiger partial charge in [-0.3, -0.25) is 4.79 Å². The van der Waals surface area contributed by atoms with Crippen molar-refractivity contribution in [2.75, 3.05) is 6.61 Å². The highest BCUT2D eigenvalue weighted by molar-refractivity contribution is 6.14. The van der Waals surface area contributed by atoms with Gasteiger partial charge in [0.2, 0.25) is 5.78 Å². The largest absolute Gasteiger partial charge is 0.504 e. The summed E-state index contributed by atoms with van der Waals surface area (Å²) in [6.07, 6.45) is -3.12. The SMILES string of the molecule is CCOc1cc(/C=C(\C#N)C(=O)c2cc(C)n(CC(F)(F)F)c2C)ccc1O. The molecule has 148 valence electrons. The molecule has 2 rings (SSSR count). The van der Waals surface area contributed by atoms with Crippen molar-refractivity contribution in [1.82, 2.24) is 4.57 Å². The Bertz CT molecular complexity index is 966. The molecule has 0 bridgehead atoms. The average molecular weight is 392 g/mol. The van der Waals surface area contributed by atoms with Crippen molar-refractivity contribution < 1.29 is 27.8 Å². The summed E-state index contributed by atoms with van der Waals surface area (Å²) in [7, 11) is 0. The fraction of sp³-hybridized carbons (Fsp3) is 0.300. The maximum atomic E-state index is 12.8. The molecule has 2 aromatic rings. The molecule has 1 heterocycles. The minimum atomic E-state index is -4.43. The van der Waals surface area contributed by atoms with Gasteiger partial charge in [-0.25, -0.2) is 0 Å². The highest BCUT2D eigenvalue weighted by atomic mass is 19.4. The van der Waals surface area contributed by atoms with Crippen LogP contribution < -0.4 is 4.74 Å². The van der Waals surface area contributed by atoms with Gasteiger partial charge in [0.15, 0.2) is 11.5 Å². The van der Waals surface area contributed by atoms with Gasteiger partial charge in [-0.15, -0.1) is 0 Å². The molecule has 0 atom stereocenters. The molecule has 0 spiro atoms. The lowest BCUT2D eigenvalue weighted by atomic mass is 10.0. The molecular weight excluding hydrogens is 373 g/mol. The summed E-state index contributed by atoms with van der Waals surface area (Å²) in [6, 6.07) is 7.47. The minimum Gasteiger partial charge on any atom is -0.504 e. The fourth-order valence-corrected chi connectivity index (χ4v) is 2.81. The van der Waals surface area contributed by atoms with E-state index in [4.69, 9.17) is 4.74 Å². The Morgan fingerprint density at radius 3 is 2.57 bits per heavy atom. The van der Waals surface area contributed by atoms with Gasteiger partial charge in [-0.2, -0.15) is 18.4 Å². The van der Waals surface area contributed by atoms with E-state index in [-0.39, 0.29) is 34.0 Å². The van der Waals surface area contributed by atoms with Crippen LogP contribution in [0.25, 0.3) is 6.08 Å². The number of alkyl halides is 3. The van der Waals surface area contributed by atoms with E-state index < -0.39 is 18.5 Å². The molecule has 0 saturated heterocycles. The molecule has 1 N–H and O–H groups in total. The van der Waals surface area contributed by atoms with Crippen LogP contribution in [0.15, 0.2) is 29.8 Å². The van der Waals surface area contributed by atoms with Crippen molar-refractivity contribution in [2.24, 2.45) is 0 Å². The molecule has 0 saturated carbocycles. The number of hydrogen-bond acceptors (Lipinski definition) is 4. The van der Waals surface area contributed by atoms with E-state index in [1.54, 1.807) is 13.0 Å². The normalized spacial score (nSPS) is 12.0. The first-order chi connectivity index (χ1) is 13.1. The first-order valence-electron chi connectivity index (χ1n) is 8.43. The quantitative estimate of drug-likeness (QED) is 0.444. The van der Waals surface area contributed by atoms with E-state index in [0.717, 1.165) is 4.57 Å². The predicted molar refractivity (Wildman–Crippen MR) is 97.2 cm³/mol. The summed E-state index contributed by atoms with van der Waals surface area (Å²) in [5.41, 5.74) is 0.662. The number of allylic oxidation sites excluding steroid dienone is 1. The van der Waals surface area contributed by atoms with Crippen LogP contribution in [-0.2, 0) is 6.54 Å². The molecule has 28 heavy (non-hydrogen) atoms. The molecule has 1 aromatic carbocycles. The zero-order chi connectivity index (χ0) is 21.1. The van der Waals surface area contributed by atoms with Crippen LogP contribution in [0.2, 0.25) is 0 Å². The zero-order valence-corrected chi connectivity index (χ0v) is 15.6. The molecule has 0 aliphatic heterocycles. The highest BCUT2D eigenvalue weighted by Crippen LogP contribution is 2.29. The van der Waals surface area contributed by atoms with Crippen LogP contribution in [0.5, 0.6) is 11.5 Å². The summed E-state index contributed by atoms with van der Waals surface area (Å²) in [4.78, 5) is 12.7. The van der Waals surface area contributed by atoms with Gasteiger partial charge < -0.3 is 14.4 Å². The summed E-state index contributed by atoms with van der Waals surface area (Å²) in [5, 5.41) is 19.1. The molecule has 1 aromatic heterocycles. The lowest BCUT2D eigenvalue weighted by Crippen LogP contribution is -2.19. The Labute approximate surface area is 160 Å². The van der Waals surface area contributed by atoms with Gasteiger partial charge in [0.1, 0.15) is 18.2 Å². The van der Waals surface area contributed by atoms with Crippen molar-refractivity contribution in [3.05, 3.63) is 52.4 Å². The highest BCUT2D eigenvalue weighted by Gasteiger charge is 2.30.